The van der Waals surface area contributed by atoms with Crippen molar-refractivity contribution in [2.24, 2.45) is 5.92 Å². The van der Waals surface area contributed by atoms with Gasteiger partial charge in [0.05, 0.1) is 33.8 Å². The topological polar surface area (TPSA) is 92.3 Å². The molecule has 0 spiro atoms. The monoisotopic (exact) mass is 522 g/mol. The summed E-state index contributed by atoms with van der Waals surface area (Å²) in [5.74, 6) is -0.448. The molecule has 1 aliphatic rings. The fraction of sp³-hybridized carbons (Fsp3) is 0.348. The van der Waals surface area contributed by atoms with Gasteiger partial charge >= 0.3 is 0 Å². The number of nitrogens with one attached hydrogen (secondary N) is 1. The molecule has 1 amide bonds. The summed E-state index contributed by atoms with van der Waals surface area (Å²) in [6.45, 7) is 5.08. The second-order valence-electron chi connectivity index (χ2n) is 8.64. The van der Waals surface area contributed by atoms with E-state index in [1.54, 1.807) is 12.1 Å². The molecular formula is C23H24ClFN4O3S2. The maximum atomic E-state index is 14.3. The van der Waals surface area contributed by atoms with Crippen molar-refractivity contribution in [2.75, 3.05) is 11.6 Å². The second-order valence-corrected chi connectivity index (χ2v) is 12.2. The zero-order chi connectivity index (χ0) is 24.6. The molecule has 3 aromatic rings. The lowest BCUT2D eigenvalue weighted by molar-refractivity contribution is -0.115. The van der Waals surface area contributed by atoms with Crippen LogP contribution in [-0.2, 0) is 34.1 Å². The fourth-order valence-electron chi connectivity index (χ4n) is 4.06. The summed E-state index contributed by atoms with van der Waals surface area (Å²) in [5, 5.41) is 3.63. The molecule has 11 heteroatoms. The maximum Gasteiger partial charge on any atom is 0.230 e. The van der Waals surface area contributed by atoms with E-state index < -0.39 is 15.7 Å². The largest absolute Gasteiger partial charge is 0.302 e. The van der Waals surface area contributed by atoms with Crippen molar-refractivity contribution in [1.29, 1.82) is 0 Å². The van der Waals surface area contributed by atoms with Gasteiger partial charge in [-0.2, -0.15) is 0 Å². The average Bonchev–Trinajstić information content (AvgIpc) is 3.26. The van der Waals surface area contributed by atoms with Crippen molar-refractivity contribution in [2.45, 2.75) is 44.3 Å². The summed E-state index contributed by atoms with van der Waals surface area (Å²) in [7, 11) is -3.28. The number of aromatic nitrogens is 2. The maximum absolute atomic E-state index is 14.3. The first kappa shape index (κ1) is 24.7. The smallest absolute Gasteiger partial charge is 0.230 e. The Morgan fingerprint density at radius 1 is 1.32 bits per heavy atom. The van der Waals surface area contributed by atoms with Gasteiger partial charge in [-0.1, -0.05) is 37.6 Å². The van der Waals surface area contributed by atoms with Gasteiger partial charge in [0.25, 0.3) is 0 Å². The number of pyridine rings is 1. The van der Waals surface area contributed by atoms with Crippen LogP contribution in [0.4, 0.5) is 9.52 Å². The van der Waals surface area contributed by atoms with Gasteiger partial charge in [0, 0.05) is 30.4 Å². The summed E-state index contributed by atoms with van der Waals surface area (Å²) in [5.41, 5.74) is 1.93. The highest BCUT2D eigenvalue weighted by molar-refractivity contribution is 7.90. The molecule has 2 aromatic heterocycles. The Balaban J connectivity index is 1.44. The van der Waals surface area contributed by atoms with E-state index in [0.29, 0.717) is 29.5 Å². The summed E-state index contributed by atoms with van der Waals surface area (Å²) < 4.78 is 37.5. The molecule has 4 rings (SSSR count). The van der Waals surface area contributed by atoms with Gasteiger partial charge in [0.1, 0.15) is 5.82 Å². The molecule has 1 atom stereocenters. The molecule has 0 unspecified atom stereocenters. The number of sulfone groups is 1. The molecule has 0 fully saturated rings. The van der Waals surface area contributed by atoms with Crippen LogP contribution in [0, 0.1) is 11.7 Å². The minimum Gasteiger partial charge on any atom is -0.302 e. The van der Waals surface area contributed by atoms with E-state index in [9.17, 15) is 17.6 Å². The SMILES string of the molecule is CC(C)[C@H]1c2nc(NC(=O)Cc3ccc(S(C)(=O)=O)cc3)sc2CN1Cc1ncc(Cl)cc1F. The number of hydrogen-bond acceptors (Lipinski definition) is 7. The molecule has 180 valence electrons. The summed E-state index contributed by atoms with van der Waals surface area (Å²) in [6, 6.07) is 7.49. The molecule has 34 heavy (non-hydrogen) atoms. The van der Waals surface area contributed by atoms with Gasteiger partial charge in [0.2, 0.25) is 5.91 Å². The van der Waals surface area contributed by atoms with Gasteiger partial charge in [-0.15, -0.1) is 11.3 Å². The number of hydrogen-bond donors (Lipinski definition) is 1. The molecule has 1 N–H and O–H groups in total. The van der Waals surface area contributed by atoms with E-state index in [4.69, 9.17) is 11.6 Å². The van der Waals surface area contributed by atoms with E-state index in [1.807, 2.05) is 0 Å². The number of nitrogens with zero attached hydrogens (tertiary/aromatic N) is 3. The Kier molecular flexibility index (Phi) is 7.04. The lowest BCUT2D eigenvalue weighted by atomic mass is 10.0. The van der Waals surface area contributed by atoms with Gasteiger partial charge in [-0.05, 0) is 29.7 Å². The van der Waals surface area contributed by atoms with Crippen LogP contribution in [0.15, 0.2) is 41.4 Å². The number of carbonyl (C=O) groups excluding carboxylic acids is 1. The standard InChI is InChI=1S/C23H24ClFN4O3S2/c1-13(2)22-21-19(12-29(22)11-18-17(25)9-15(24)10-26-18)33-23(28-21)27-20(30)8-14-4-6-16(7-5-14)34(3,31)32/h4-7,9-10,13,22H,8,11-12H2,1-3H3,(H,27,28,30)/t22-/m0/s1. The third-order valence-electron chi connectivity index (χ3n) is 5.58. The third-order valence-corrected chi connectivity index (χ3v) is 7.89. The first-order chi connectivity index (χ1) is 16.0. The summed E-state index contributed by atoms with van der Waals surface area (Å²) in [4.78, 5) is 24.7. The lowest BCUT2D eigenvalue weighted by Gasteiger charge is -2.27. The van der Waals surface area contributed by atoms with Crippen molar-refractivity contribution >= 4 is 43.8 Å². The number of halogens is 2. The number of anilines is 1. The van der Waals surface area contributed by atoms with Crippen molar-refractivity contribution in [1.82, 2.24) is 14.9 Å². The van der Waals surface area contributed by atoms with Crippen LogP contribution in [0.25, 0.3) is 0 Å². The van der Waals surface area contributed by atoms with E-state index in [2.05, 4.69) is 34.0 Å². The molecule has 0 radical (unpaired) electrons. The van der Waals surface area contributed by atoms with Crippen molar-refractivity contribution < 1.29 is 17.6 Å². The van der Waals surface area contributed by atoms with E-state index in [0.717, 1.165) is 16.8 Å². The molecule has 0 aliphatic carbocycles. The Hall–Kier alpha value is -2.40. The third kappa shape index (κ3) is 5.46. The summed E-state index contributed by atoms with van der Waals surface area (Å²) >= 11 is 7.23. The predicted molar refractivity (Wildman–Crippen MR) is 130 cm³/mol. The van der Waals surface area contributed by atoms with Crippen LogP contribution in [0.2, 0.25) is 5.02 Å². The second kappa shape index (κ2) is 9.69. The van der Waals surface area contributed by atoms with Crippen LogP contribution in [0.1, 0.15) is 41.7 Å². The first-order valence-electron chi connectivity index (χ1n) is 10.6. The number of amides is 1. The van der Waals surface area contributed by atoms with Gasteiger partial charge in [0.15, 0.2) is 15.0 Å². The molecule has 7 nitrogen and oxygen atoms in total. The van der Waals surface area contributed by atoms with Crippen LogP contribution in [0.5, 0.6) is 0 Å². The minimum atomic E-state index is -3.28. The molecule has 3 heterocycles. The highest BCUT2D eigenvalue weighted by atomic mass is 35.5. The molecule has 1 aliphatic heterocycles. The number of thiazole rings is 1. The first-order valence-corrected chi connectivity index (χ1v) is 13.7. The number of carbonyl (C=O) groups is 1. The van der Waals surface area contributed by atoms with Crippen molar-refractivity contribution in [3.63, 3.8) is 0 Å². The van der Waals surface area contributed by atoms with Gasteiger partial charge in [-0.3, -0.25) is 14.7 Å². The zero-order valence-corrected chi connectivity index (χ0v) is 21.3. The summed E-state index contributed by atoms with van der Waals surface area (Å²) in [6.07, 6.45) is 2.69. The average molecular weight is 523 g/mol. The Morgan fingerprint density at radius 3 is 2.65 bits per heavy atom. The van der Waals surface area contributed by atoms with Crippen molar-refractivity contribution in [3.05, 3.63) is 69.2 Å². The van der Waals surface area contributed by atoms with Gasteiger partial charge < -0.3 is 5.32 Å². The van der Waals surface area contributed by atoms with E-state index in [-0.39, 0.29) is 34.2 Å². The molecule has 0 saturated heterocycles. The number of benzene rings is 1. The predicted octanol–water partition coefficient (Wildman–Crippen LogP) is 4.63. The number of rotatable bonds is 7. The zero-order valence-electron chi connectivity index (χ0n) is 18.9. The van der Waals surface area contributed by atoms with Gasteiger partial charge in [-0.25, -0.2) is 17.8 Å². The van der Waals surface area contributed by atoms with Crippen molar-refractivity contribution in [3.8, 4) is 0 Å². The van der Waals surface area contributed by atoms with Crippen LogP contribution in [0.3, 0.4) is 0 Å². The molecule has 0 saturated carbocycles. The van der Waals surface area contributed by atoms with Crippen LogP contribution >= 0.6 is 22.9 Å². The molecule has 0 bridgehead atoms. The Morgan fingerprint density at radius 2 is 2.03 bits per heavy atom. The Bertz CT molecular complexity index is 1330. The normalized spacial score (nSPS) is 16.1. The number of fused-ring (bicyclic) bond motifs is 1. The molecular weight excluding hydrogens is 499 g/mol. The highest BCUT2D eigenvalue weighted by Gasteiger charge is 2.36. The highest BCUT2D eigenvalue weighted by Crippen LogP contribution is 2.43. The van der Waals surface area contributed by atoms with E-state index in [1.165, 1.54) is 35.7 Å². The lowest BCUT2D eigenvalue weighted by Crippen LogP contribution is -2.27. The Labute approximate surface area is 206 Å². The van der Waals surface area contributed by atoms with E-state index >= 15 is 0 Å². The minimum absolute atomic E-state index is 0.0303. The van der Waals surface area contributed by atoms with Crippen LogP contribution < -0.4 is 5.32 Å². The van der Waals surface area contributed by atoms with Crippen LogP contribution in [-0.4, -0.2) is 35.4 Å². The quantitative estimate of drug-likeness (QED) is 0.486. The fourth-order valence-corrected chi connectivity index (χ4v) is 5.88. The molecule has 1 aromatic carbocycles.